The van der Waals surface area contributed by atoms with Crippen molar-refractivity contribution >= 4 is 11.5 Å². The molecule has 0 radical (unpaired) electrons. The number of allylic oxidation sites excluding steroid dienone is 1. The molecule has 0 fully saturated rings. The molecule has 1 aromatic carbocycles. The van der Waals surface area contributed by atoms with Crippen molar-refractivity contribution in [3.8, 4) is 11.8 Å². The van der Waals surface area contributed by atoms with Crippen LogP contribution in [0.25, 0.3) is 5.57 Å². The van der Waals surface area contributed by atoms with Crippen LogP contribution in [0.2, 0.25) is 0 Å². The topological polar surface area (TPSA) is 84.2 Å². The number of nitrogens with zero attached hydrogens (tertiary/aromatic N) is 1. The van der Waals surface area contributed by atoms with Gasteiger partial charge in [0.25, 0.3) is 0 Å². The van der Waals surface area contributed by atoms with Crippen molar-refractivity contribution in [1.82, 2.24) is 0 Å². The maximum absolute atomic E-state index is 10.9. The zero-order valence-electron chi connectivity index (χ0n) is 8.73. The predicted octanol–water partition coefficient (Wildman–Crippen LogP) is 1.53. The Labute approximate surface area is 93.1 Å². The standard InChI is InChI=1S/C12H11NO3/c1-2-10(11(7-13)12(15)16)8-3-5-9(14)6-4-8/h3-6,14H,2H2,1H3,(H,15,16)/p-1. The molecule has 1 aromatic rings. The number of aliphatic carboxylic acids is 1. The van der Waals surface area contributed by atoms with Gasteiger partial charge in [-0.2, -0.15) is 5.26 Å². The molecule has 0 bridgehead atoms. The molecule has 0 heterocycles. The highest BCUT2D eigenvalue weighted by atomic mass is 16.4. The second kappa shape index (κ2) is 4.99. The molecule has 0 saturated heterocycles. The number of benzene rings is 1. The highest BCUT2D eigenvalue weighted by molar-refractivity contribution is 6.00. The first-order valence-corrected chi connectivity index (χ1v) is 4.74. The van der Waals surface area contributed by atoms with Crippen molar-refractivity contribution in [2.24, 2.45) is 0 Å². The number of hydrogen-bond acceptors (Lipinski definition) is 3. The van der Waals surface area contributed by atoms with E-state index in [4.69, 9.17) is 10.4 Å². The smallest absolute Gasteiger partial charge is 0.346 e. The van der Waals surface area contributed by atoms with Crippen LogP contribution in [0.3, 0.4) is 0 Å². The monoisotopic (exact) mass is 216 g/mol. The molecule has 16 heavy (non-hydrogen) atoms. The SMILES string of the molecule is CCC(=C(C#N)C(=O)O)c1ccc([O-])cc1. The molecule has 0 amide bonds. The molecule has 0 spiro atoms. The molecule has 0 aromatic heterocycles. The summed E-state index contributed by atoms with van der Waals surface area (Å²) in [6, 6.07) is 7.42. The fourth-order valence-corrected chi connectivity index (χ4v) is 1.43. The highest BCUT2D eigenvalue weighted by Gasteiger charge is 2.13. The molecule has 0 atom stereocenters. The summed E-state index contributed by atoms with van der Waals surface area (Å²) in [5, 5.41) is 28.5. The summed E-state index contributed by atoms with van der Waals surface area (Å²) in [4.78, 5) is 10.8. The third-order valence-corrected chi connectivity index (χ3v) is 2.18. The molecule has 1 rings (SSSR count). The van der Waals surface area contributed by atoms with Gasteiger partial charge in [-0.3, -0.25) is 0 Å². The van der Waals surface area contributed by atoms with E-state index in [1.807, 2.05) is 0 Å². The molecule has 0 aliphatic rings. The van der Waals surface area contributed by atoms with Crippen LogP contribution in [0.15, 0.2) is 29.8 Å². The average Bonchev–Trinajstić information content (AvgIpc) is 2.26. The summed E-state index contributed by atoms with van der Waals surface area (Å²) >= 11 is 0. The van der Waals surface area contributed by atoms with Crippen LogP contribution < -0.4 is 5.11 Å². The van der Waals surface area contributed by atoms with Crippen LogP contribution in [0.1, 0.15) is 18.9 Å². The van der Waals surface area contributed by atoms with E-state index in [-0.39, 0.29) is 11.3 Å². The van der Waals surface area contributed by atoms with Crippen molar-refractivity contribution in [3.05, 3.63) is 35.4 Å². The van der Waals surface area contributed by atoms with Gasteiger partial charge in [0.05, 0.1) is 0 Å². The summed E-state index contributed by atoms with van der Waals surface area (Å²) < 4.78 is 0. The third kappa shape index (κ3) is 2.39. The lowest BCUT2D eigenvalue weighted by molar-refractivity contribution is -0.268. The first-order chi connectivity index (χ1) is 7.60. The summed E-state index contributed by atoms with van der Waals surface area (Å²) in [6.07, 6.45) is 0.424. The van der Waals surface area contributed by atoms with Crippen LogP contribution in [0, 0.1) is 11.3 Å². The lowest BCUT2D eigenvalue weighted by Crippen LogP contribution is -2.02. The Morgan fingerprint density at radius 1 is 1.44 bits per heavy atom. The van der Waals surface area contributed by atoms with Crippen molar-refractivity contribution in [1.29, 1.82) is 5.26 Å². The molecule has 1 N–H and O–H groups in total. The normalized spacial score (nSPS) is 11.5. The molecule has 4 heteroatoms. The van der Waals surface area contributed by atoms with Gasteiger partial charge in [0.1, 0.15) is 11.6 Å². The summed E-state index contributed by atoms with van der Waals surface area (Å²) in [5.74, 6) is -1.39. The summed E-state index contributed by atoms with van der Waals surface area (Å²) in [5.41, 5.74) is 0.761. The molecule has 0 aliphatic heterocycles. The van der Waals surface area contributed by atoms with Crippen LogP contribution in [0.4, 0.5) is 0 Å². The Bertz CT molecular complexity index is 466. The fraction of sp³-hybridized carbons (Fsp3) is 0.167. The van der Waals surface area contributed by atoms with E-state index in [1.165, 1.54) is 24.3 Å². The van der Waals surface area contributed by atoms with Gasteiger partial charge in [-0.15, -0.1) is 5.75 Å². The molecular weight excluding hydrogens is 206 g/mol. The molecule has 0 saturated carbocycles. The molecule has 4 nitrogen and oxygen atoms in total. The summed E-state index contributed by atoms with van der Waals surface area (Å²) in [6.45, 7) is 1.76. The van der Waals surface area contributed by atoms with Gasteiger partial charge in [0, 0.05) is 0 Å². The van der Waals surface area contributed by atoms with E-state index in [1.54, 1.807) is 13.0 Å². The molecule has 0 aliphatic carbocycles. The van der Waals surface area contributed by atoms with Crippen LogP contribution in [-0.2, 0) is 4.79 Å². The predicted molar refractivity (Wildman–Crippen MR) is 56.3 cm³/mol. The Hall–Kier alpha value is -2.28. The van der Waals surface area contributed by atoms with Gasteiger partial charge in [-0.1, -0.05) is 31.2 Å². The van der Waals surface area contributed by atoms with Crippen LogP contribution >= 0.6 is 0 Å². The van der Waals surface area contributed by atoms with Crippen molar-refractivity contribution in [2.45, 2.75) is 13.3 Å². The molecule has 82 valence electrons. The number of carboxylic acids is 1. The van der Waals surface area contributed by atoms with Crippen LogP contribution in [0.5, 0.6) is 5.75 Å². The second-order valence-electron chi connectivity index (χ2n) is 3.15. The average molecular weight is 216 g/mol. The van der Waals surface area contributed by atoms with Gasteiger partial charge in [-0.05, 0) is 17.6 Å². The Morgan fingerprint density at radius 2 is 2.00 bits per heavy atom. The minimum atomic E-state index is -1.24. The minimum absolute atomic E-state index is 0.145. The van der Waals surface area contributed by atoms with E-state index >= 15 is 0 Å². The first-order valence-electron chi connectivity index (χ1n) is 4.74. The van der Waals surface area contributed by atoms with Gasteiger partial charge >= 0.3 is 5.97 Å². The highest BCUT2D eigenvalue weighted by Crippen LogP contribution is 2.23. The Morgan fingerprint density at radius 3 is 2.38 bits per heavy atom. The van der Waals surface area contributed by atoms with Gasteiger partial charge < -0.3 is 10.2 Å². The van der Waals surface area contributed by atoms with E-state index in [0.29, 0.717) is 17.6 Å². The van der Waals surface area contributed by atoms with Gasteiger partial charge in [0.2, 0.25) is 0 Å². The zero-order chi connectivity index (χ0) is 12.1. The maximum Gasteiger partial charge on any atom is 0.346 e. The van der Waals surface area contributed by atoms with E-state index in [2.05, 4.69) is 0 Å². The number of carboxylic acid groups (broad SMARTS) is 1. The van der Waals surface area contributed by atoms with Crippen molar-refractivity contribution < 1.29 is 15.0 Å². The van der Waals surface area contributed by atoms with E-state index < -0.39 is 5.97 Å². The van der Waals surface area contributed by atoms with Crippen molar-refractivity contribution in [2.75, 3.05) is 0 Å². The number of hydrogen-bond donors (Lipinski definition) is 1. The lowest BCUT2D eigenvalue weighted by atomic mass is 9.98. The van der Waals surface area contributed by atoms with E-state index in [0.717, 1.165) is 0 Å². The van der Waals surface area contributed by atoms with Gasteiger partial charge in [0.15, 0.2) is 0 Å². The minimum Gasteiger partial charge on any atom is -0.872 e. The third-order valence-electron chi connectivity index (χ3n) is 2.18. The Kier molecular flexibility index (Phi) is 3.67. The number of nitriles is 1. The first kappa shape index (κ1) is 11.8. The quantitative estimate of drug-likeness (QED) is 0.613. The zero-order valence-corrected chi connectivity index (χ0v) is 8.73. The van der Waals surface area contributed by atoms with Crippen LogP contribution in [-0.4, -0.2) is 11.1 Å². The number of carbonyl (C=O) groups is 1. The maximum atomic E-state index is 10.9. The summed E-state index contributed by atoms with van der Waals surface area (Å²) in [7, 11) is 0. The molecular formula is C12H10NO3-. The second-order valence-corrected chi connectivity index (χ2v) is 3.15. The molecule has 0 unspecified atom stereocenters. The lowest BCUT2D eigenvalue weighted by Gasteiger charge is -2.09. The Balaban J connectivity index is 3.32. The number of rotatable bonds is 3. The van der Waals surface area contributed by atoms with E-state index in [9.17, 15) is 9.90 Å². The van der Waals surface area contributed by atoms with Crippen molar-refractivity contribution in [3.63, 3.8) is 0 Å². The largest absolute Gasteiger partial charge is 0.872 e. The van der Waals surface area contributed by atoms with Gasteiger partial charge in [-0.25, -0.2) is 4.79 Å². The fourth-order valence-electron chi connectivity index (χ4n) is 1.43.